The van der Waals surface area contributed by atoms with E-state index in [9.17, 15) is 75.8 Å². The number of quaternary nitrogens is 3. The van der Waals surface area contributed by atoms with Crippen molar-refractivity contribution in [3.63, 3.8) is 0 Å². The predicted octanol–water partition coefficient (Wildman–Crippen LogP) is 2.97. The van der Waals surface area contributed by atoms with Crippen LogP contribution in [0.5, 0.6) is 0 Å². The zero-order valence-corrected chi connectivity index (χ0v) is 17.7. The van der Waals surface area contributed by atoms with Gasteiger partial charge in [-0.2, -0.15) is 65.9 Å². The Morgan fingerprint density at radius 3 is 0.882 bits per heavy atom. The summed E-state index contributed by atoms with van der Waals surface area (Å²) in [4.78, 5) is 9.61. The van der Waals surface area contributed by atoms with Gasteiger partial charge in [0.15, 0.2) is 0 Å². The van der Waals surface area contributed by atoms with Crippen molar-refractivity contribution < 1.29 is 86.0 Å². The third-order valence-corrected chi connectivity index (χ3v) is 2.58. The Morgan fingerprint density at radius 2 is 0.706 bits per heavy atom. The van der Waals surface area contributed by atoms with Crippen LogP contribution in [0.3, 0.4) is 0 Å². The maximum absolute atomic E-state index is 12.8. The molecule has 0 atom stereocenters. The van der Waals surface area contributed by atoms with Crippen molar-refractivity contribution in [2.24, 2.45) is 0 Å². The number of carbonyl (C=O) groups is 1. The highest BCUT2D eigenvalue weighted by atomic mass is 19.4. The molecule has 0 aromatic heterocycles. The van der Waals surface area contributed by atoms with E-state index in [2.05, 4.69) is 0 Å². The van der Waals surface area contributed by atoms with Crippen LogP contribution in [0.1, 0.15) is 13.8 Å². The quantitative estimate of drug-likeness (QED) is 0.423. The average Bonchev–Trinajstić information content (AvgIpc) is 2.54. The summed E-state index contributed by atoms with van der Waals surface area (Å²) in [5.41, 5.74) is 0. The fourth-order valence-electron chi connectivity index (χ4n) is 1.09. The number of carbonyl (C=O) groups excluding carboxylic acids is 1. The van der Waals surface area contributed by atoms with Crippen LogP contribution in [0.2, 0.25) is 0 Å². The molecule has 0 amide bonds. The molecule has 0 aromatic carbocycles. The third-order valence-electron chi connectivity index (χ3n) is 2.58. The second kappa shape index (κ2) is 13.9. The Labute approximate surface area is 180 Å². The van der Waals surface area contributed by atoms with Gasteiger partial charge in [-0.15, -0.1) is 13.2 Å². The number of alkyl halides is 15. The van der Waals surface area contributed by atoms with Gasteiger partial charge in [-0.05, 0) is 0 Å². The normalized spacial score (nSPS) is 12.9. The largest absolute Gasteiger partial charge is 0.855 e. The van der Waals surface area contributed by atoms with E-state index in [1.807, 2.05) is 0 Å². The van der Waals surface area contributed by atoms with E-state index in [1.165, 1.54) is 0 Å². The van der Waals surface area contributed by atoms with Gasteiger partial charge in [-0.25, -0.2) is 0 Å². The summed E-state index contributed by atoms with van der Waals surface area (Å²) in [5.74, 6) is -53.3. The summed E-state index contributed by atoms with van der Waals surface area (Å²) in [6, 6.07) is 0. The predicted molar refractivity (Wildman–Crippen MR) is 79.8 cm³/mol. The lowest BCUT2D eigenvalue weighted by atomic mass is 9.91. The number of carboxylic acids is 1. The Bertz CT molecular complexity index is 583. The number of carboxylic acid groups (broad SMARTS) is 1. The minimum Gasteiger partial charge on any atom is -0.855 e. The molecule has 0 rings (SSSR count). The molecule has 0 aliphatic heterocycles. The van der Waals surface area contributed by atoms with Gasteiger partial charge >= 0.3 is 41.7 Å². The molecule has 214 valence electrons. The standard InChI is InChI=1S/C8HF15O2.2C2H5O.3H3N/c9-2(10,1(24)25)3(11,12)4(13,14)5(15,16)6(17,18)7(19,20)8(21,22)23;2*1-2-3;;;/h(H,24,25);2*2H2,1H3;3*1H3/q;2*-1;;;/p+2. The summed E-state index contributed by atoms with van der Waals surface area (Å²) >= 11 is 0. The lowest BCUT2D eigenvalue weighted by Gasteiger charge is -2.41. The fraction of sp³-hybridized carbons (Fsp3) is 0.917. The highest BCUT2D eigenvalue weighted by Crippen LogP contribution is 2.62. The lowest BCUT2D eigenvalue weighted by Crippen LogP contribution is -2.74. The van der Waals surface area contributed by atoms with Crippen LogP contribution in [0.25, 0.3) is 0 Å². The molecule has 12 N–H and O–H groups in total. The summed E-state index contributed by atoms with van der Waals surface area (Å²) < 4.78 is 186. The Kier molecular flexibility index (Phi) is 18.7. The van der Waals surface area contributed by atoms with Gasteiger partial charge in [0.05, 0.1) is 0 Å². The van der Waals surface area contributed by atoms with Crippen molar-refractivity contribution >= 4 is 5.97 Å². The molecule has 0 saturated heterocycles. The number of rotatable bonds is 6. The van der Waals surface area contributed by atoms with Crippen LogP contribution in [-0.2, 0) is 4.79 Å². The molecule has 0 spiro atoms. The highest BCUT2D eigenvalue weighted by molar-refractivity contribution is 5.75. The van der Waals surface area contributed by atoms with Crippen LogP contribution in [0.15, 0.2) is 0 Å². The first-order valence-electron chi connectivity index (χ1n) is 6.98. The van der Waals surface area contributed by atoms with Crippen LogP contribution in [-0.4, -0.2) is 60.9 Å². The molecule has 0 bridgehead atoms. The number of aliphatic carboxylic acids is 1. The summed E-state index contributed by atoms with van der Waals surface area (Å²) in [6.07, 6.45) is -7.71. The number of hydrogen-bond donors (Lipinski definition) is 3. The van der Waals surface area contributed by atoms with Crippen LogP contribution in [0.4, 0.5) is 65.9 Å². The zero-order valence-electron chi connectivity index (χ0n) is 17.7. The molecular weight excluding hydrogens is 535 g/mol. The van der Waals surface area contributed by atoms with Gasteiger partial charge in [0.2, 0.25) is 0 Å². The number of hydrogen-bond acceptors (Lipinski definition) is 4. The highest BCUT2D eigenvalue weighted by Gasteiger charge is 2.93. The van der Waals surface area contributed by atoms with E-state index in [-0.39, 0.29) is 31.7 Å². The van der Waals surface area contributed by atoms with Crippen molar-refractivity contribution in [1.82, 2.24) is 18.5 Å². The second-order valence-electron chi connectivity index (χ2n) is 4.81. The lowest BCUT2D eigenvalue weighted by molar-refractivity contribution is -0.454. The minimum absolute atomic E-state index is 0. The van der Waals surface area contributed by atoms with E-state index < -0.39 is 47.7 Å². The fourth-order valence-corrected chi connectivity index (χ4v) is 1.09. The summed E-state index contributed by atoms with van der Waals surface area (Å²) in [5, 5.41) is 27.5. The molecule has 0 aliphatic carbocycles. The Hall–Kier alpha value is -1.78. The molecule has 0 aliphatic rings. The third kappa shape index (κ3) is 7.61. The minimum atomic E-state index is -8.50. The molecule has 0 aromatic rings. The molecule has 0 fully saturated rings. The maximum atomic E-state index is 12.8. The molecule has 34 heavy (non-hydrogen) atoms. The molecule has 0 radical (unpaired) electrons. The van der Waals surface area contributed by atoms with Crippen molar-refractivity contribution in [3.05, 3.63) is 0 Å². The first-order chi connectivity index (χ1) is 13.3. The number of halogens is 15. The monoisotopic (exact) mass is 557 g/mol. The van der Waals surface area contributed by atoms with Gasteiger partial charge in [-0.3, -0.25) is 0 Å². The van der Waals surface area contributed by atoms with E-state index >= 15 is 0 Å². The Morgan fingerprint density at radius 1 is 0.529 bits per heavy atom. The van der Waals surface area contributed by atoms with E-state index in [1.54, 1.807) is 13.8 Å². The smallest absolute Gasteiger partial charge is 0.460 e. The molecule has 0 heterocycles. The van der Waals surface area contributed by atoms with Crippen LogP contribution >= 0.6 is 0 Å². The van der Waals surface area contributed by atoms with E-state index in [0.29, 0.717) is 0 Å². The van der Waals surface area contributed by atoms with Gasteiger partial charge in [0.1, 0.15) is 5.97 Å². The topological polar surface area (TPSA) is 196 Å². The van der Waals surface area contributed by atoms with E-state index in [0.717, 1.165) is 0 Å². The van der Waals surface area contributed by atoms with Crippen molar-refractivity contribution in [2.75, 3.05) is 13.2 Å². The molecule has 0 unspecified atom stereocenters. The van der Waals surface area contributed by atoms with E-state index in [4.69, 9.17) is 10.2 Å². The Balaban J connectivity index is -0.000000196. The summed E-state index contributed by atoms with van der Waals surface area (Å²) in [7, 11) is 0. The van der Waals surface area contributed by atoms with Gasteiger partial charge in [0, 0.05) is 0 Å². The van der Waals surface area contributed by atoms with Crippen molar-refractivity contribution in [1.29, 1.82) is 0 Å². The van der Waals surface area contributed by atoms with Crippen LogP contribution < -0.4 is 33.8 Å². The molecule has 7 nitrogen and oxygen atoms in total. The van der Waals surface area contributed by atoms with Crippen molar-refractivity contribution in [3.8, 4) is 0 Å². The molecular formula is C12H22F15N3O4. The first kappa shape index (κ1) is 45.7. The SMILES string of the molecule is CC[O-].CC[O-].O=C([O-])C(F)(F)C(F)(F)C(F)(F)C(F)(F)C(F)(F)C(F)(F)C(F)(F)F.[NH4+].[NH4+].[NH4+]. The van der Waals surface area contributed by atoms with Crippen molar-refractivity contribution in [2.45, 2.75) is 55.6 Å². The van der Waals surface area contributed by atoms with Gasteiger partial charge in [0.25, 0.3) is 0 Å². The zero-order chi connectivity index (χ0) is 26.5. The maximum Gasteiger partial charge on any atom is 0.460 e. The van der Waals surface area contributed by atoms with Gasteiger partial charge < -0.3 is 38.6 Å². The second-order valence-corrected chi connectivity index (χ2v) is 4.81. The van der Waals surface area contributed by atoms with Gasteiger partial charge in [-0.1, -0.05) is 13.8 Å². The first-order valence-corrected chi connectivity index (χ1v) is 6.98. The van der Waals surface area contributed by atoms with Crippen LogP contribution in [0, 0.1) is 0 Å². The molecule has 0 saturated carbocycles. The molecule has 22 heteroatoms. The average molecular weight is 557 g/mol. The summed E-state index contributed by atoms with van der Waals surface area (Å²) in [6.45, 7) is 3.14.